The van der Waals surface area contributed by atoms with Gasteiger partial charge in [-0.15, -0.1) is 0 Å². The number of aliphatic hydroxyl groups is 1. The summed E-state index contributed by atoms with van der Waals surface area (Å²) in [5, 5.41) is 12.7. The molecule has 1 heterocycles. The third-order valence-corrected chi connectivity index (χ3v) is 4.57. The number of aromatic nitrogens is 1. The van der Waals surface area contributed by atoms with E-state index in [1.165, 1.54) is 7.11 Å². The average molecular weight is 342 g/mol. The lowest BCUT2D eigenvalue weighted by Crippen LogP contribution is -2.41. The van der Waals surface area contributed by atoms with Crippen LogP contribution < -0.4 is 14.8 Å². The van der Waals surface area contributed by atoms with Gasteiger partial charge in [-0.3, -0.25) is 9.78 Å². The van der Waals surface area contributed by atoms with E-state index >= 15 is 0 Å². The van der Waals surface area contributed by atoms with Gasteiger partial charge in [0.15, 0.2) is 0 Å². The summed E-state index contributed by atoms with van der Waals surface area (Å²) in [5.41, 5.74) is 1.23. The lowest BCUT2D eigenvalue weighted by Gasteiger charge is -2.37. The predicted octanol–water partition coefficient (Wildman–Crippen LogP) is 2.34. The Bertz CT molecular complexity index is 729. The molecule has 0 aliphatic heterocycles. The van der Waals surface area contributed by atoms with E-state index < -0.39 is 0 Å². The van der Waals surface area contributed by atoms with Crippen LogP contribution in [-0.4, -0.2) is 36.3 Å². The first kappa shape index (κ1) is 17.2. The predicted molar refractivity (Wildman–Crippen MR) is 92.7 cm³/mol. The Kier molecular flexibility index (Phi) is 5.19. The number of nitrogens with one attached hydrogen (secondary N) is 1. The molecule has 2 N–H and O–H groups in total. The fraction of sp³-hybridized carbons (Fsp3) is 0.368. The summed E-state index contributed by atoms with van der Waals surface area (Å²) >= 11 is 0. The molecule has 0 unspecified atom stereocenters. The van der Waals surface area contributed by atoms with Gasteiger partial charge in [0.05, 0.1) is 37.6 Å². The molecule has 132 valence electrons. The Morgan fingerprint density at radius 1 is 1.24 bits per heavy atom. The van der Waals surface area contributed by atoms with Crippen molar-refractivity contribution in [2.45, 2.75) is 25.0 Å². The molecule has 6 heteroatoms. The Morgan fingerprint density at radius 2 is 2.04 bits per heavy atom. The minimum absolute atomic E-state index is 0.165. The van der Waals surface area contributed by atoms with Crippen LogP contribution in [0.4, 0.5) is 0 Å². The molecule has 0 spiro atoms. The molecule has 0 radical (unpaired) electrons. The standard InChI is InChI=1S/C19H22N2O4/c1-24-14-6-7-15(17(11-14)25-2)19(23)21-18(12-9-13(22)10-12)16-5-3-4-8-20-16/h3-8,11-13,18,22H,9-10H2,1-2H3,(H,21,23)/t12?,13?,18-/m0/s1. The quantitative estimate of drug-likeness (QED) is 0.842. The number of amides is 1. The molecule has 2 aromatic rings. The maximum absolute atomic E-state index is 12.8. The number of methoxy groups -OCH3 is 2. The van der Waals surface area contributed by atoms with Gasteiger partial charge in [0.2, 0.25) is 0 Å². The minimum atomic E-state index is -0.302. The summed E-state index contributed by atoms with van der Waals surface area (Å²) < 4.78 is 10.5. The highest BCUT2D eigenvalue weighted by atomic mass is 16.5. The number of aliphatic hydroxyl groups excluding tert-OH is 1. The van der Waals surface area contributed by atoms with Crippen molar-refractivity contribution in [3.63, 3.8) is 0 Å². The molecule has 1 aromatic heterocycles. The zero-order valence-corrected chi connectivity index (χ0v) is 14.3. The zero-order valence-electron chi connectivity index (χ0n) is 14.3. The number of hydrogen-bond donors (Lipinski definition) is 2. The summed E-state index contributed by atoms with van der Waals surface area (Å²) in [6.45, 7) is 0. The van der Waals surface area contributed by atoms with E-state index in [4.69, 9.17) is 9.47 Å². The van der Waals surface area contributed by atoms with E-state index in [0.29, 0.717) is 29.9 Å². The lowest BCUT2D eigenvalue weighted by atomic mass is 9.76. The van der Waals surface area contributed by atoms with Gasteiger partial charge in [-0.1, -0.05) is 6.07 Å². The van der Waals surface area contributed by atoms with Crippen molar-refractivity contribution in [3.05, 3.63) is 53.9 Å². The molecule has 1 aliphatic carbocycles. The largest absolute Gasteiger partial charge is 0.497 e. The molecule has 1 aromatic carbocycles. The van der Waals surface area contributed by atoms with E-state index in [0.717, 1.165) is 5.69 Å². The minimum Gasteiger partial charge on any atom is -0.497 e. The third-order valence-electron chi connectivity index (χ3n) is 4.57. The summed E-state index contributed by atoms with van der Waals surface area (Å²) in [4.78, 5) is 17.2. The topological polar surface area (TPSA) is 80.7 Å². The van der Waals surface area contributed by atoms with E-state index in [2.05, 4.69) is 10.3 Å². The van der Waals surface area contributed by atoms with Crippen LogP contribution in [0.1, 0.15) is 34.9 Å². The van der Waals surface area contributed by atoms with Crippen LogP contribution in [-0.2, 0) is 0 Å². The number of carbonyl (C=O) groups excluding carboxylic acids is 1. The number of nitrogens with zero attached hydrogens (tertiary/aromatic N) is 1. The second-order valence-corrected chi connectivity index (χ2v) is 6.16. The molecule has 3 rings (SSSR count). The Morgan fingerprint density at radius 3 is 2.64 bits per heavy atom. The first-order valence-electron chi connectivity index (χ1n) is 8.24. The zero-order chi connectivity index (χ0) is 17.8. The number of benzene rings is 1. The number of ether oxygens (including phenoxy) is 2. The molecule has 1 amide bonds. The molecule has 0 bridgehead atoms. The maximum Gasteiger partial charge on any atom is 0.255 e. The van der Waals surface area contributed by atoms with Crippen molar-refractivity contribution in [3.8, 4) is 11.5 Å². The van der Waals surface area contributed by atoms with E-state index in [-0.39, 0.29) is 24.0 Å². The SMILES string of the molecule is COc1ccc(C(=O)N[C@H](c2ccccn2)C2CC(O)C2)c(OC)c1. The summed E-state index contributed by atoms with van der Waals surface area (Å²) in [6, 6.07) is 10.5. The average Bonchev–Trinajstić information content (AvgIpc) is 2.63. The molecule has 25 heavy (non-hydrogen) atoms. The van der Waals surface area contributed by atoms with Crippen molar-refractivity contribution in [1.29, 1.82) is 0 Å². The van der Waals surface area contributed by atoms with Crippen molar-refractivity contribution < 1.29 is 19.4 Å². The molecule has 1 atom stereocenters. The second-order valence-electron chi connectivity index (χ2n) is 6.16. The molecular formula is C19H22N2O4. The normalized spacial score (nSPS) is 20.3. The number of hydrogen-bond acceptors (Lipinski definition) is 5. The van der Waals surface area contributed by atoms with Gasteiger partial charge in [-0.05, 0) is 43.0 Å². The second kappa shape index (κ2) is 7.53. The highest BCUT2D eigenvalue weighted by Crippen LogP contribution is 2.38. The van der Waals surface area contributed by atoms with Crippen LogP contribution in [0.2, 0.25) is 0 Å². The van der Waals surface area contributed by atoms with Crippen LogP contribution >= 0.6 is 0 Å². The smallest absolute Gasteiger partial charge is 0.255 e. The van der Waals surface area contributed by atoms with Gasteiger partial charge in [0.25, 0.3) is 5.91 Å². The van der Waals surface area contributed by atoms with Gasteiger partial charge >= 0.3 is 0 Å². The first-order valence-corrected chi connectivity index (χ1v) is 8.24. The van der Waals surface area contributed by atoms with Gasteiger partial charge in [-0.25, -0.2) is 0 Å². The fourth-order valence-electron chi connectivity index (χ4n) is 3.10. The van der Waals surface area contributed by atoms with Gasteiger partial charge < -0.3 is 19.9 Å². The van der Waals surface area contributed by atoms with Crippen LogP contribution in [0.3, 0.4) is 0 Å². The highest BCUT2D eigenvalue weighted by Gasteiger charge is 2.36. The first-order chi connectivity index (χ1) is 12.1. The number of pyridine rings is 1. The number of carbonyl (C=O) groups is 1. The van der Waals surface area contributed by atoms with Crippen molar-refractivity contribution in [1.82, 2.24) is 10.3 Å². The van der Waals surface area contributed by atoms with Gasteiger partial charge in [0, 0.05) is 12.3 Å². The Labute approximate surface area is 146 Å². The molecule has 6 nitrogen and oxygen atoms in total. The van der Waals surface area contributed by atoms with Crippen molar-refractivity contribution >= 4 is 5.91 Å². The highest BCUT2D eigenvalue weighted by molar-refractivity contribution is 5.97. The van der Waals surface area contributed by atoms with Crippen LogP contribution in [0.25, 0.3) is 0 Å². The van der Waals surface area contributed by atoms with E-state index in [1.807, 2.05) is 18.2 Å². The Balaban J connectivity index is 1.83. The molecule has 1 fully saturated rings. The van der Waals surface area contributed by atoms with Crippen molar-refractivity contribution in [2.75, 3.05) is 14.2 Å². The van der Waals surface area contributed by atoms with E-state index in [1.54, 1.807) is 31.5 Å². The van der Waals surface area contributed by atoms with Crippen LogP contribution in [0.5, 0.6) is 11.5 Å². The molecule has 0 saturated heterocycles. The monoisotopic (exact) mass is 342 g/mol. The van der Waals surface area contributed by atoms with Crippen LogP contribution in [0, 0.1) is 5.92 Å². The third kappa shape index (κ3) is 3.74. The maximum atomic E-state index is 12.8. The molecular weight excluding hydrogens is 320 g/mol. The summed E-state index contributed by atoms with van der Waals surface area (Å²) in [6.07, 6.45) is 2.71. The fourth-order valence-corrected chi connectivity index (χ4v) is 3.10. The Hall–Kier alpha value is -2.60. The molecule has 1 saturated carbocycles. The lowest BCUT2D eigenvalue weighted by molar-refractivity contribution is 0.0228. The van der Waals surface area contributed by atoms with Gasteiger partial charge in [0.1, 0.15) is 11.5 Å². The summed E-state index contributed by atoms with van der Waals surface area (Å²) in [5.74, 6) is 0.997. The van der Waals surface area contributed by atoms with Gasteiger partial charge in [-0.2, -0.15) is 0 Å². The number of rotatable bonds is 6. The van der Waals surface area contributed by atoms with Crippen molar-refractivity contribution in [2.24, 2.45) is 5.92 Å². The summed E-state index contributed by atoms with van der Waals surface area (Å²) in [7, 11) is 3.08. The van der Waals surface area contributed by atoms with Crippen LogP contribution in [0.15, 0.2) is 42.6 Å². The molecule has 1 aliphatic rings. The van der Waals surface area contributed by atoms with E-state index in [9.17, 15) is 9.90 Å².